The Morgan fingerprint density at radius 1 is 1.07 bits per heavy atom. The molecule has 0 saturated carbocycles. The minimum absolute atomic E-state index is 0.110. The smallest absolute Gasteiger partial charge is 0.364 e. The topological polar surface area (TPSA) is 68.5 Å². The van der Waals surface area contributed by atoms with Gasteiger partial charge in [-0.3, -0.25) is 4.98 Å². The lowest BCUT2D eigenvalue weighted by atomic mass is 10.1. The lowest BCUT2D eigenvalue weighted by Crippen LogP contribution is -2.05. The largest absolute Gasteiger partial charge is 0.434 e. The van der Waals surface area contributed by atoms with Gasteiger partial charge in [-0.1, -0.05) is 24.3 Å². The molecule has 0 amide bonds. The summed E-state index contributed by atoms with van der Waals surface area (Å²) in [7, 11) is 1.53. The molecule has 29 heavy (non-hydrogen) atoms. The third-order valence-electron chi connectivity index (χ3n) is 4.27. The normalized spacial score (nSPS) is 11.8. The van der Waals surface area contributed by atoms with E-state index in [1.165, 1.54) is 11.6 Å². The standard InChI is InChI=1S/C19H14ClF3N6/c1-29-10-14(19(21,22)23)27-17(29)12-6-4-11(5-7-12)9-25-16-15-13(3-2-8-24-15)26-18(20)28-16/h2-8,10H,9H2,1H3,(H,25,26,28). The average Bonchev–Trinajstić information content (AvgIpc) is 3.08. The highest BCUT2D eigenvalue weighted by Gasteiger charge is 2.34. The van der Waals surface area contributed by atoms with E-state index in [0.717, 1.165) is 11.8 Å². The molecule has 0 radical (unpaired) electrons. The summed E-state index contributed by atoms with van der Waals surface area (Å²) < 4.78 is 39.9. The summed E-state index contributed by atoms with van der Waals surface area (Å²) in [5.74, 6) is 0.748. The van der Waals surface area contributed by atoms with Crippen LogP contribution in [0, 0.1) is 0 Å². The molecule has 3 aromatic heterocycles. The van der Waals surface area contributed by atoms with E-state index < -0.39 is 11.9 Å². The van der Waals surface area contributed by atoms with E-state index in [1.807, 2.05) is 12.1 Å². The summed E-state index contributed by atoms with van der Waals surface area (Å²) in [6.45, 7) is 0.424. The molecule has 3 heterocycles. The van der Waals surface area contributed by atoms with E-state index >= 15 is 0 Å². The van der Waals surface area contributed by atoms with Crippen molar-refractivity contribution in [2.24, 2.45) is 7.05 Å². The van der Waals surface area contributed by atoms with Crippen LogP contribution < -0.4 is 5.32 Å². The first-order valence-electron chi connectivity index (χ1n) is 8.53. The van der Waals surface area contributed by atoms with Gasteiger partial charge in [-0.25, -0.2) is 9.97 Å². The molecule has 4 aromatic rings. The number of hydrogen-bond acceptors (Lipinski definition) is 5. The number of aryl methyl sites for hydroxylation is 1. The van der Waals surface area contributed by atoms with Crippen molar-refractivity contribution in [3.8, 4) is 11.4 Å². The van der Waals surface area contributed by atoms with Gasteiger partial charge in [0.1, 0.15) is 11.3 Å². The Kier molecular flexibility index (Phi) is 4.83. The summed E-state index contributed by atoms with van der Waals surface area (Å²) >= 11 is 5.96. The number of alkyl halides is 3. The van der Waals surface area contributed by atoms with Gasteiger partial charge in [-0.05, 0) is 29.3 Å². The summed E-state index contributed by atoms with van der Waals surface area (Å²) in [4.78, 5) is 16.3. The molecule has 0 aliphatic carbocycles. The maximum absolute atomic E-state index is 12.9. The summed E-state index contributed by atoms with van der Waals surface area (Å²) in [6.07, 6.45) is -1.86. The van der Waals surface area contributed by atoms with E-state index in [-0.39, 0.29) is 11.1 Å². The number of nitrogens with one attached hydrogen (secondary N) is 1. The second kappa shape index (κ2) is 7.32. The van der Waals surface area contributed by atoms with Crippen LogP contribution in [0.4, 0.5) is 19.0 Å². The first-order chi connectivity index (χ1) is 13.8. The summed E-state index contributed by atoms with van der Waals surface area (Å²) in [5, 5.41) is 3.28. The van der Waals surface area contributed by atoms with Crippen molar-refractivity contribution in [2.75, 3.05) is 5.32 Å². The number of nitrogens with zero attached hydrogens (tertiary/aromatic N) is 5. The molecule has 6 nitrogen and oxygen atoms in total. The highest BCUT2D eigenvalue weighted by Crippen LogP contribution is 2.30. The van der Waals surface area contributed by atoms with E-state index in [2.05, 4.69) is 25.3 Å². The molecule has 0 saturated heterocycles. The molecule has 0 fully saturated rings. The van der Waals surface area contributed by atoms with Crippen LogP contribution in [-0.2, 0) is 19.8 Å². The van der Waals surface area contributed by atoms with Crippen LogP contribution in [0.5, 0.6) is 0 Å². The van der Waals surface area contributed by atoms with Gasteiger partial charge in [-0.15, -0.1) is 0 Å². The maximum Gasteiger partial charge on any atom is 0.434 e. The van der Waals surface area contributed by atoms with E-state index in [9.17, 15) is 13.2 Å². The Morgan fingerprint density at radius 3 is 2.52 bits per heavy atom. The molecule has 4 rings (SSSR count). The zero-order chi connectivity index (χ0) is 20.6. The number of halogens is 4. The molecule has 1 aromatic carbocycles. The van der Waals surface area contributed by atoms with Crippen LogP contribution in [0.2, 0.25) is 5.28 Å². The molecule has 0 aliphatic rings. The minimum atomic E-state index is -4.48. The maximum atomic E-state index is 12.9. The first kappa shape index (κ1) is 19.1. The molecule has 0 spiro atoms. The summed E-state index contributed by atoms with van der Waals surface area (Å²) in [5.41, 5.74) is 1.80. The van der Waals surface area contributed by atoms with Crippen LogP contribution in [-0.4, -0.2) is 24.5 Å². The molecule has 148 valence electrons. The fourth-order valence-corrected chi connectivity index (χ4v) is 3.07. The molecule has 0 unspecified atom stereocenters. The SMILES string of the molecule is Cn1cc(C(F)(F)F)nc1-c1ccc(CNc2nc(Cl)nc3cccnc23)cc1. The predicted octanol–water partition coefficient (Wildman–Crippen LogP) is 4.71. The van der Waals surface area contributed by atoms with Crippen LogP contribution in [0.3, 0.4) is 0 Å². The number of imidazole rings is 1. The zero-order valence-electron chi connectivity index (χ0n) is 15.1. The number of hydrogen-bond donors (Lipinski definition) is 1. The predicted molar refractivity (Wildman–Crippen MR) is 103 cm³/mol. The Balaban J connectivity index is 1.54. The van der Waals surface area contributed by atoms with Gasteiger partial charge in [0.05, 0.1) is 5.52 Å². The highest BCUT2D eigenvalue weighted by molar-refractivity contribution is 6.28. The Morgan fingerprint density at radius 2 is 1.83 bits per heavy atom. The van der Waals surface area contributed by atoms with Crippen molar-refractivity contribution < 1.29 is 13.2 Å². The van der Waals surface area contributed by atoms with Crippen molar-refractivity contribution >= 4 is 28.5 Å². The third-order valence-corrected chi connectivity index (χ3v) is 4.44. The number of pyridine rings is 1. The fourth-order valence-electron chi connectivity index (χ4n) is 2.89. The molecule has 0 atom stereocenters. The van der Waals surface area contributed by atoms with E-state index in [0.29, 0.717) is 29.0 Å². The Labute approximate surface area is 168 Å². The van der Waals surface area contributed by atoms with Crippen molar-refractivity contribution in [2.45, 2.75) is 12.7 Å². The number of benzene rings is 1. The van der Waals surface area contributed by atoms with Gasteiger partial charge >= 0.3 is 6.18 Å². The van der Waals surface area contributed by atoms with Gasteiger partial charge in [0.25, 0.3) is 0 Å². The zero-order valence-corrected chi connectivity index (χ0v) is 15.8. The quantitative estimate of drug-likeness (QED) is 0.486. The van der Waals surface area contributed by atoms with Crippen molar-refractivity contribution in [3.63, 3.8) is 0 Å². The molecular weight excluding hydrogens is 405 g/mol. The number of aromatic nitrogens is 5. The van der Waals surface area contributed by atoms with Crippen molar-refractivity contribution in [1.29, 1.82) is 0 Å². The molecule has 0 bridgehead atoms. The lowest BCUT2D eigenvalue weighted by Gasteiger charge is -2.09. The lowest BCUT2D eigenvalue weighted by molar-refractivity contribution is -0.140. The summed E-state index contributed by atoms with van der Waals surface area (Å²) in [6, 6.07) is 10.6. The Bertz CT molecular complexity index is 1170. The third kappa shape index (κ3) is 4.00. The second-order valence-corrected chi connectivity index (χ2v) is 6.66. The van der Waals surface area contributed by atoms with Gasteiger partial charge in [0, 0.05) is 31.5 Å². The van der Waals surface area contributed by atoms with Gasteiger partial charge in [0.15, 0.2) is 11.5 Å². The van der Waals surface area contributed by atoms with Crippen LogP contribution in [0.25, 0.3) is 22.4 Å². The van der Waals surface area contributed by atoms with Crippen molar-refractivity contribution in [3.05, 3.63) is 65.3 Å². The molecule has 0 aliphatic heterocycles. The first-order valence-corrected chi connectivity index (χ1v) is 8.91. The molecular formula is C19H14ClF3N6. The fraction of sp³-hybridized carbons (Fsp3) is 0.158. The van der Waals surface area contributed by atoms with Crippen LogP contribution in [0.15, 0.2) is 48.8 Å². The van der Waals surface area contributed by atoms with Crippen molar-refractivity contribution in [1.82, 2.24) is 24.5 Å². The highest BCUT2D eigenvalue weighted by atomic mass is 35.5. The number of anilines is 1. The second-order valence-electron chi connectivity index (χ2n) is 6.32. The van der Waals surface area contributed by atoms with Crippen LogP contribution in [0.1, 0.15) is 11.3 Å². The van der Waals surface area contributed by atoms with Crippen LogP contribution >= 0.6 is 11.6 Å². The molecule has 1 N–H and O–H groups in total. The van der Waals surface area contributed by atoms with E-state index in [4.69, 9.17) is 11.6 Å². The number of fused-ring (bicyclic) bond motifs is 1. The Hall–Kier alpha value is -3.20. The van der Waals surface area contributed by atoms with Gasteiger partial charge in [-0.2, -0.15) is 18.2 Å². The number of rotatable bonds is 4. The average molecular weight is 419 g/mol. The molecule has 10 heteroatoms. The van der Waals surface area contributed by atoms with Gasteiger partial charge < -0.3 is 9.88 Å². The van der Waals surface area contributed by atoms with Gasteiger partial charge in [0.2, 0.25) is 5.28 Å². The van der Waals surface area contributed by atoms with E-state index in [1.54, 1.807) is 30.5 Å². The minimum Gasteiger partial charge on any atom is -0.364 e. The monoisotopic (exact) mass is 418 g/mol.